The van der Waals surface area contributed by atoms with Gasteiger partial charge in [-0.2, -0.15) is 5.10 Å². The van der Waals surface area contributed by atoms with Gasteiger partial charge in [0, 0.05) is 4.88 Å². The number of ether oxygens (including phenoxy) is 2. The summed E-state index contributed by atoms with van der Waals surface area (Å²) in [6.07, 6.45) is 4.09. The van der Waals surface area contributed by atoms with E-state index < -0.39 is 0 Å². The van der Waals surface area contributed by atoms with E-state index in [1.54, 1.807) is 23.0 Å². The standard InChI is InChI=1S/C29H30N4O4S2/c1-4-37-22-15-11-20(12-16-22)33-28(35)26-23-7-5-6-8-24(23)39-27(26)30-29(33)38-17-25(34)32-31-18(2)19-9-13-21(36-3)14-10-19/h9-16H,4-8,17H2,1-3H3,(H,32,34). The molecule has 0 unspecified atom stereocenters. The molecular weight excluding hydrogens is 532 g/mol. The Bertz CT molecular complexity index is 1570. The minimum Gasteiger partial charge on any atom is -0.497 e. The molecule has 1 aliphatic rings. The fourth-order valence-electron chi connectivity index (χ4n) is 4.57. The van der Waals surface area contributed by atoms with Crippen molar-refractivity contribution in [1.29, 1.82) is 0 Å². The van der Waals surface area contributed by atoms with Gasteiger partial charge >= 0.3 is 0 Å². The van der Waals surface area contributed by atoms with Gasteiger partial charge in [-0.05, 0) is 99.2 Å². The number of hydrogen-bond donors (Lipinski definition) is 1. The third kappa shape index (κ3) is 5.86. The summed E-state index contributed by atoms with van der Waals surface area (Å²) in [6, 6.07) is 14.8. The first-order chi connectivity index (χ1) is 19.0. The molecule has 0 spiro atoms. The zero-order chi connectivity index (χ0) is 27.4. The second-order valence-corrected chi connectivity index (χ2v) is 11.1. The van der Waals surface area contributed by atoms with Crippen molar-refractivity contribution in [3.8, 4) is 17.2 Å². The summed E-state index contributed by atoms with van der Waals surface area (Å²) in [7, 11) is 1.61. The maximum atomic E-state index is 13.9. The summed E-state index contributed by atoms with van der Waals surface area (Å²) in [5.74, 6) is 1.25. The zero-order valence-electron chi connectivity index (χ0n) is 22.2. The number of nitrogens with zero attached hydrogens (tertiary/aromatic N) is 3. The molecule has 4 aromatic rings. The molecule has 0 fully saturated rings. The third-order valence-corrected chi connectivity index (χ3v) is 8.68. The molecule has 1 amide bonds. The highest BCUT2D eigenvalue weighted by Crippen LogP contribution is 2.35. The predicted molar refractivity (Wildman–Crippen MR) is 157 cm³/mol. The second-order valence-electron chi connectivity index (χ2n) is 9.10. The minimum atomic E-state index is -0.286. The van der Waals surface area contributed by atoms with E-state index in [-0.39, 0.29) is 17.2 Å². The van der Waals surface area contributed by atoms with Gasteiger partial charge in [0.1, 0.15) is 16.3 Å². The average Bonchev–Trinajstić information content (AvgIpc) is 3.34. The number of nitrogens with one attached hydrogen (secondary N) is 1. The van der Waals surface area contributed by atoms with Crippen LogP contribution in [0.15, 0.2) is 63.6 Å². The number of thiophene rings is 1. The maximum absolute atomic E-state index is 13.9. The second kappa shape index (κ2) is 12.0. The Kier molecular flexibility index (Phi) is 8.33. The number of carbonyl (C=O) groups excluding carboxylic acids is 1. The highest BCUT2D eigenvalue weighted by Gasteiger charge is 2.23. The van der Waals surface area contributed by atoms with Crippen molar-refractivity contribution >= 4 is 44.9 Å². The number of hydrazone groups is 1. The molecule has 8 nitrogen and oxygen atoms in total. The number of benzene rings is 2. The number of fused-ring (bicyclic) bond motifs is 3. The lowest BCUT2D eigenvalue weighted by Crippen LogP contribution is -2.24. The van der Waals surface area contributed by atoms with Crippen LogP contribution in [-0.4, -0.2) is 40.6 Å². The number of hydrogen-bond acceptors (Lipinski definition) is 8. The van der Waals surface area contributed by atoms with Crippen LogP contribution in [0.25, 0.3) is 15.9 Å². The first-order valence-corrected chi connectivity index (χ1v) is 14.7. The fourth-order valence-corrected chi connectivity index (χ4v) is 6.68. The van der Waals surface area contributed by atoms with Gasteiger partial charge in [-0.25, -0.2) is 10.4 Å². The number of amides is 1. The first-order valence-electron chi connectivity index (χ1n) is 12.9. The van der Waals surface area contributed by atoms with E-state index in [4.69, 9.17) is 14.5 Å². The van der Waals surface area contributed by atoms with Crippen molar-refractivity contribution in [3.63, 3.8) is 0 Å². The van der Waals surface area contributed by atoms with Crippen LogP contribution in [0.3, 0.4) is 0 Å². The van der Waals surface area contributed by atoms with Crippen LogP contribution in [0.5, 0.6) is 11.5 Å². The molecule has 1 N–H and O–H groups in total. The van der Waals surface area contributed by atoms with Crippen LogP contribution in [0.4, 0.5) is 0 Å². The van der Waals surface area contributed by atoms with Crippen LogP contribution in [0.1, 0.15) is 42.7 Å². The van der Waals surface area contributed by atoms with Gasteiger partial charge in [0.15, 0.2) is 5.16 Å². The molecule has 2 aromatic carbocycles. The van der Waals surface area contributed by atoms with Gasteiger partial charge in [0.25, 0.3) is 11.5 Å². The largest absolute Gasteiger partial charge is 0.497 e. The predicted octanol–water partition coefficient (Wildman–Crippen LogP) is 5.37. The van der Waals surface area contributed by atoms with Crippen molar-refractivity contribution in [2.24, 2.45) is 5.10 Å². The Balaban J connectivity index is 1.42. The lowest BCUT2D eigenvalue weighted by Gasteiger charge is -2.14. The number of thioether (sulfide) groups is 1. The van der Waals surface area contributed by atoms with E-state index >= 15 is 0 Å². The summed E-state index contributed by atoms with van der Waals surface area (Å²) in [5.41, 5.74) is 5.89. The quantitative estimate of drug-likeness (QED) is 0.128. The van der Waals surface area contributed by atoms with Crippen molar-refractivity contribution in [2.45, 2.75) is 44.7 Å². The Morgan fingerprint density at radius 3 is 2.54 bits per heavy atom. The molecule has 0 saturated carbocycles. The lowest BCUT2D eigenvalue weighted by atomic mass is 9.97. The Labute approximate surface area is 235 Å². The monoisotopic (exact) mass is 562 g/mol. The van der Waals surface area contributed by atoms with Crippen LogP contribution in [0.2, 0.25) is 0 Å². The molecular formula is C29H30N4O4S2. The summed E-state index contributed by atoms with van der Waals surface area (Å²) in [5, 5.41) is 5.42. The van der Waals surface area contributed by atoms with E-state index in [9.17, 15) is 9.59 Å². The summed E-state index contributed by atoms with van der Waals surface area (Å²) in [6.45, 7) is 4.32. The topological polar surface area (TPSA) is 94.8 Å². The lowest BCUT2D eigenvalue weighted by molar-refractivity contribution is -0.118. The van der Waals surface area contributed by atoms with Gasteiger partial charge in [-0.1, -0.05) is 11.8 Å². The van der Waals surface area contributed by atoms with Gasteiger partial charge in [-0.3, -0.25) is 14.2 Å². The molecule has 0 atom stereocenters. The number of rotatable bonds is 9. The number of carbonyl (C=O) groups is 1. The maximum Gasteiger partial charge on any atom is 0.267 e. The van der Waals surface area contributed by atoms with Crippen molar-refractivity contribution < 1.29 is 14.3 Å². The average molecular weight is 563 g/mol. The zero-order valence-corrected chi connectivity index (χ0v) is 23.8. The molecule has 39 heavy (non-hydrogen) atoms. The number of aryl methyl sites for hydroxylation is 2. The summed E-state index contributed by atoms with van der Waals surface area (Å²) < 4.78 is 12.4. The molecule has 0 radical (unpaired) electrons. The number of methoxy groups -OCH3 is 1. The molecule has 10 heteroatoms. The van der Waals surface area contributed by atoms with Gasteiger partial charge in [0.2, 0.25) is 0 Å². The van der Waals surface area contributed by atoms with E-state index in [0.717, 1.165) is 53.1 Å². The summed E-state index contributed by atoms with van der Waals surface area (Å²) in [4.78, 5) is 33.5. The molecule has 0 saturated heterocycles. The smallest absolute Gasteiger partial charge is 0.267 e. The molecule has 202 valence electrons. The van der Waals surface area contributed by atoms with Crippen LogP contribution < -0.4 is 20.5 Å². The fraction of sp³-hybridized carbons (Fsp3) is 0.310. The van der Waals surface area contributed by atoms with Gasteiger partial charge in [0.05, 0.1) is 36.3 Å². The highest BCUT2D eigenvalue weighted by molar-refractivity contribution is 7.99. The Morgan fingerprint density at radius 2 is 1.82 bits per heavy atom. The first kappa shape index (κ1) is 27.0. The molecule has 5 rings (SSSR count). The van der Waals surface area contributed by atoms with Crippen molar-refractivity contribution in [1.82, 2.24) is 15.0 Å². The van der Waals surface area contributed by atoms with E-state index in [2.05, 4.69) is 10.5 Å². The Hall–Kier alpha value is -3.63. The third-order valence-electron chi connectivity index (χ3n) is 6.55. The molecule has 2 aromatic heterocycles. The highest BCUT2D eigenvalue weighted by atomic mass is 32.2. The van der Waals surface area contributed by atoms with Crippen LogP contribution in [0, 0.1) is 0 Å². The number of aromatic nitrogens is 2. The normalized spacial score (nSPS) is 13.3. The van der Waals surface area contributed by atoms with Gasteiger partial charge in [-0.15, -0.1) is 11.3 Å². The van der Waals surface area contributed by atoms with Crippen LogP contribution >= 0.6 is 23.1 Å². The SMILES string of the molecule is CCOc1ccc(-n2c(SCC(=O)NN=C(C)c3ccc(OC)cc3)nc3sc4c(c3c2=O)CCCC4)cc1. The van der Waals surface area contributed by atoms with Crippen LogP contribution in [-0.2, 0) is 17.6 Å². The van der Waals surface area contributed by atoms with E-state index in [0.29, 0.717) is 28.5 Å². The molecule has 2 heterocycles. The minimum absolute atomic E-state index is 0.0550. The Morgan fingerprint density at radius 1 is 1.10 bits per heavy atom. The molecule has 0 bridgehead atoms. The van der Waals surface area contributed by atoms with E-state index in [1.165, 1.54) is 16.6 Å². The summed E-state index contributed by atoms with van der Waals surface area (Å²) >= 11 is 2.82. The molecule has 0 aliphatic heterocycles. The van der Waals surface area contributed by atoms with E-state index in [1.807, 2.05) is 62.4 Å². The molecule has 1 aliphatic carbocycles. The van der Waals surface area contributed by atoms with Crippen molar-refractivity contribution in [3.05, 3.63) is 74.9 Å². The van der Waals surface area contributed by atoms with Crippen molar-refractivity contribution in [2.75, 3.05) is 19.5 Å². The van der Waals surface area contributed by atoms with Gasteiger partial charge < -0.3 is 9.47 Å².